The number of hydrogen-bond donors (Lipinski definition) is 1. The van der Waals surface area contributed by atoms with Crippen molar-refractivity contribution >= 4 is 5.82 Å². The van der Waals surface area contributed by atoms with E-state index in [0.29, 0.717) is 6.04 Å². The molecule has 0 saturated carbocycles. The van der Waals surface area contributed by atoms with E-state index in [9.17, 15) is 0 Å². The summed E-state index contributed by atoms with van der Waals surface area (Å²) in [6, 6.07) is 4.93. The molecule has 20 heavy (non-hydrogen) atoms. The molecule has 1 atom stereocenters. The summed E-state index contributed by atoms with van der Waals surface area (Å²) in [5.41, 5.74) is 1.27. The lowest BCUT2D eigenvalue weighted by molar-refractivity contribution is 0.589. The van der Waals surface area contributed by atoms with E-state index in [0.717, 1.165) is 31.9 Å². The van der Waals surface area contributed by atoms with E-state index in [4.69, 9.17) is 0 Å². The number of aromatic nitrogens is 1. The Balaban J connectivity index is 2.66. The highest BCUT2D eigenvalue weighted by Crippen LogP contribution is 2.17. The van der Waals surface area contributed by atoms with Crippen LogP contribution in [-0.2, 0) is 6.54 Å². The first-order chi connectivity index (χ1) is 9.72. The van der Waals surface area contributed by atoms with Gasteiger partial charge in [0.15, 0.2) is 0 Å². The van der Waals surface area contributed by atoms with E-state index in [1.165, 1.54) is 24.8 Å². The molecular weight excluding hydrogens is 246 g/mol. The first kappa shape index (κ1) is 17.0. The van der Waals surface area contributed by atoms with Gasteiger partial charge in [-0.15, -0.1) is 0 Å². The molecule has 1 aromatic rings. The smallest absolute Gasteiger partial charge is 0.128 e. The second kappa shape index (κ2) is 9.76. The zero-order valence-electron chi connectivity index (χ0n) is 13.7. The van der Waals surface area contributed by atoms with E-state index in [1.54, 1.807) is 0 Å². The fraction of sp³-hybridized carbons (Fsp3) is 0.706. The van der Waals surface area contributed by atoms with Crippen molar-refractivity contribution in [3.8, 4) is 0 Å². The third-order valence-corrected chi connectivity index (χ3v) is 3.73. The molecular formula is C17H31N3. The van der Waals surface area contributed by atoms with Crippen molar-refractivity contribution < 1.29 is 0 Å². The van der Waals surface area contributed by atoms with Crippen LogP contribution in [0.2, 0.25) is 0 Å². The van der Waals surface area contributed by atoms with Gasteiger partial charge in [-0.2, -0.15) is 0 Å². The van der Waals surface area contributed by atoms with Crippen LogP contribution >= 0.6 is 0 Å². The van der Waals surface area contributed by atoms with Gasteiger partial charge in [-0.3, -0.25) is 0 Å². The largest absolute Gasteiger partial charge is 0.354 e. The summed E-state index contributed by atoms with van der Waals surface area (Å²) < 4.78 is 0. The van der Waals surface area contributed by atoms with Crippen LogP contribution in [0.5, 0.6) is 0 Å². The van der Waals surface area contributed by atoms with Gasteiger partial charge in [0.2, 0.25) is 0 Å². The molecule has 0 spiro atoms. The highest BCUT2D eigenvalue weighted by atomic mass is 15.2. The first-order valence-electron chi connectivity index (χ1n) is 8.15. The predicted octanol–water partition coefficient (Wildman–Crippen LogP) is 3.99. The van der Waals surface area contributed by atoms with Crippen LogP contribution in [0.1, 0.15) is 58.9 Å². The Morgan fingerprint density at radius 2 is 2.00 bits per heavy atom. The van der Waals surface area contributed by atoms with Crippen LogP contribution in [-0.4, -0.2) is 24.1 Å². The lowest BCUT2D eigenvalue weighted by Gasteiger charge is -2.29. The second-order valence-corrected chi connectivity index (χ2v) is 5.51. The fourth-order valence-electron chi connectivity index (χ4n) is 2.21. The maximum atomic E-state index is 4.67. The van der Waals surface area contributed by atoms with Crippen LogP contribution in [0, 0.1) is 0 Å². The molecule has 0 aliphatic heterocycles. The summed E-state index contributed by atoms with van der Waals surface area (Å²) >= 11 is 0. The van der Waals surface area contributed by atoms with E-state index in [1.807, 2.05) is 6.20 Å². The molecule has 1 rings (SSSR count). The number of nitrogens with zero attached hydrogens (tertiary/aromatic N) is 2. The van der Waals surface area contributed by atoms with Crippen LogP contribution in [0.4, 0.5) is 5.82 Å². The normalized spacial score (nSPS) is 12.4. The number of nitrogens with one attached hydrogen (secondary N) is 1. The van der Waals surface area contributed by atoms with Gasteiger partial charge >= 0.3 is 0 Å². The van der Waals surface area contributed by atoms with Gasteiger partial charge < -0.3 is 10.2 Å². The Hall–Kier alpha value is -1.09. The number of rotatable bonds is 10. The van der Waals surface area contributed by atoms with E-state index < -0.39 is 0 Å². The average molecular weight is 277 g/mol. The van der Waals surface area contributed by atoms with Crippen LogP contribution in [0.25, 0.3) is 0 Å². The lowest BCUT2D eigenvalue weighted by Crippen LogP contribution is -2.34. The molecule has 1 heterocycles. The fourth-order valence-corrected chi connectivity index (χ4v) is 2.21. The molecule has 1 unspecified atom stereocenters. The Labute approximate surface area is 124 Å². The van der Waals surface area contributed by atoms with Gasteiger partial charge in [0.05, 0.1) is 0 Å². The number of anilines is 1. The zero-order valence-corrected chi connectivity index (χ0v) is 13.7. The maximum absolute atomic E-state index is 4.67. The highest BCUT2D eigenvalue weighted by Gasteiger charge is 2.13. The Kier molecular flexibility index (Phi) is 8.28. The number of unbranched alkanes of at least 4 members (excludes halogenated alkanes) is 1. The summed E-state index contributed by atoms with van der Waals surface area (Å²) in [5, 5.41) is 3.41. The molecule has 0 amide bonds. The van der Waals surface area contributed by atoms with Crippen LogP contribution in [0.15, 0.2) is 18.3 Å². The molecule has 0 aromatic carbocycles. The molecule has 3 nitrogen and oxygen atoms in total. The van der Waals surface area contributed by atoms with Gasteiger partial charge in [0.1, 0.15) is 5.82 Å². The Morgan fingerprint density at radius 3 is 2.55 bits per heavy atom. The van der Waals surface area contributed by atoms with Crippen molar-refractivity contribution in [1.29, 1.82) is 0 Å². The van der Waals surface area contributed by atoms with Crippen LogP contribution < -0.4 is 10.2 Å². The molecule has 114 valence electrons. The minimum Gasteiger partial charge on any atom is -0.354 e. The van der Waals surface area contributed by atoms with E-state index >= 15 is 0 Å². The molecule has 0 saturated heterocycles. The average Bonchev–Trinajstić information content (AvgIpc) is 2.49. The first-order valence-corrected chi connectivity index (χ1v) is 8.15. The van der Waals surface area contributed by atoms with Gasteiger partial charge in [0.25, 0.3) is 0 Å². The van der Waals surface area contributed by atoms with Crippen molar-refractivity contribution in [2.45, 2.75) is 66.0 Å². The van der Waals surface area contributed by atoms with E-state index in [-0.39, 0.29) is 0 Å². The molecule has 0 fully saturated rings. The van der Waals surface area contributed by atoms with Crippen molar-refractivity contribution in [3.05, 3.63) is 23.9 Å². The standard InChI is InChI=1S/C17H31N3/c1-5-8-12-20(15(4)7-3)17-10-9-16(14-19-17)13-18-11-6-2/h9-10,14-15,18H,5-8,11-13H2,1-4H3. The molecule has 3 heteroatoms. The van der Waals surface area contributed by atoms with Crippen molar-refractivity contribution in [3.63, 3.8) is 0 Å². The summed E-state index contributed by atoms with van der Waals surface area (Å²) in [6.45, 7) is 12.0. The molecule has 1 aromatic heterocycles. The molecule has 0 bridgehead atoms. The Bertz CT molecular complexity index is 348. The lowest BCUT2D eigenvalue weighted by atomic mass is 10.2. The van der Waals surface area contributed by atoms with E-state index in [2.05, 4.69) is 55.0 Å². The summed E-state index contributed by atoms with van der Waals surface area (Å²) in [5.74, 6) is 1.12. The van der Waals surface area contributed by atoms with Gasteiger partial charge in [-0.1, -0.05) is 33.3 Å². The topological polar surface area (TPSA) is 28.2 Å². The van der Waals surface area contributed by atoms with Gasteiger partial charge in [0, 0.05) is 25.3 Å². The molecule has 0 aliphatic rings. The SMILES string of the molecule is CCCCN(c1ccc(CNCCC)cn1)C(C)CC. The predicted molar refractivity (Wildman–Crippen MR) is 88.2 cm³/mol. The van der Waals surface area contributed by atoms with Crippen LogP contribution in [0.3, 0.4) is 0 Å². The molecule has 0 radical (unpaired) electrons. The zero-order chi connectivity index (χ0) is 14.8. The molecule has 0 aliphatic carbocycles. The Morgan fingerprint density at radius 1 is 1.20 bits per heavy atom. The van der Waals surface area contributed by atoms with Crippen molar-refractivity contribution in [2.75, 3.05) is 18.0 Å². The van der Waals surface area contributed by atoms with Gasteiger partial charge in [-0.25, -0.2) is 4.98 Å². The highest BCUT2D eigenvalue weighted by molar-refractivity contribution is 5.40. The van der Waals surface area contributed by atoms with Crippen molar-refractivity contribution in [2.24, 2.45) is 0 Å². The summed E-state index contributed by atoms with van der Waals surface area (Å²) in [6.07, 6.45) is 6.80. The molecule has 1 N–H and O–H groups in total. The minimum absolute atomic E-state index is 0.554. The monoisotopic (exact) mass is 277 g/mol. The van der Waals surface area contributed by atoms with Gasteiger partial charge in [-0.05, 0) is 44.4 Å². The quantitative estimate of drug-likeness (QED) is 0.656. The third-order valence-electron chi connectivity index (χ3n) is 3.73. The third kappa shape index (κ3) is 5.49. The summed E-state index contributed by atoms with van der Waals surface area (Å²) in [7, 11) is 0. The number of pyridine rings is 1. The number of hydrogen-bond acceptors (Lipinski definition) is 3. The maximum Gasteiger partial charge on any atom is 0.128 e. The summed E-state index contributed by atoms with van der Waals surface area (Å²) in [4.78, 5) is 7.10. The second-order valence-electron chi connectivity index (χ2n) is 5.51. The van der Waals surface area contributed by atoms with Crippen molar-refractivity contribution in [1.82, 2.24) is 10.3 Å². The minimum atomic E-state index is 0.554.